The van der Waals surface area contributed by atoms with Crippen LogP contribution in [0.15, 0.2) is 36.1 Å². The van der Waals surface area contributed by atoms with Gasteiger partial charge >= 0.3 is 0 Å². The quantitative estimate of drug-likeness (QED) is 0.582. The number of aliphatic hydroxyl groups is 1. The largest absolute Gasteiger partial charge is 0.511 e. The van der Waals surface area contributed by atoms with Crippen molar-refractivity contribution in [1.82, 2.24) is 0 Å². The predicted molar refractivity (Wildman–Crippen MR) is 107 cm³/mol. The second-order valence-corrected chi connectivity index (χ2v) is 8.06. The first-order chi connectivity index (χ1) is 12.9. The molecule has 1 unspecified atom stereocenters. The van der Waals surface area contributed by atoms with Gasteiger partial charge < -0.3 is 5.11 Å². The van der Waals surface area contributed by atoms with E-state index in [4.69, 9.17) is 23.2 Å². The molecule has 1 fully saturated rings. The monoisotopic (exact) mass is 404 g/mol. The van der Waals surface area contributed by atoms with Crippen molar-refractivity contribution in [2.75, 3.05) is 0 Å². The van der Waals surface area contributed by atoms with E-state index in [1.165, 1.54) is 0 Å². The van der Waals surface area contributed by atoms with Crippen molar-refractivity contribution in [2.45, 2.75) is 32.6 Å². The van der Waals surface area contributed by atoms with E-state index in [9.17, 15) is 14.3 Å². The van der Waals surface area contributed by atoms with Crippen molar-refractivity contribution in [2.24, 2.45) is 11.8 Å². The van der Waals surface area contributed by atoms with Crippen LogP contribution in [-0.2, 0) is 11.2 Å². The standard InChI is InChI=1S/C22H19Cl2FO2/c1-2-11-3-4-12(15-7-8-17(23)19(24)20(15)25)10-16(11)18-21(26)13-5-6-14(9-13)22(18)27/h3-4,7-8,10,13-14,26H,2,5-6,9H2,1H3/t13-,14?/m0/s1. The van der Waals surface area contributed by atoms with Gasteiger partial charge in [0.15, 0.2) is 11.6 Å². The van der Waals surface area contributed by atoms with Gasteiger partial charge in [0, 0.05) is 17.4 Å². The van der Waals surface area contributed by atoms with Crippen molar-refractivity contribution in [3.63, 3.8) is 0 Å². The zero-order chi connectivity index (χ0) is 19.3. The number of benzene rings is 2. The number of allylic oxidation sites excluding steroid dienone is 2. The molecule has 0 aliphatic heterocycles. The molecule has 4 rings (SSSR count). The van der Waals surface area contributed by atoms with Crippen LogP contribution in [0.2, 0.25) is 10.0 Å². The molecule has 27 heavy (non-hydrogen) atoms. The second-order valence-electron chi connectivity index (χ2n) is 7.28. The van der Waals surface area contributed by atoms with Gasteiger partial charge in [-0.25, -0.2) is 4.39 Å². The molecule has 0 spiro atoms. The Bertz CT molecular complexity index is 981. The summed E-state index contributed by atoms with van der Waals surface area (Å²) in [7, 11) is 0. The first-order valence-electron chi connectivity index (χ1n) is 9.16. The summed E-state index contributed by atoms with van der Waals surface area (Å²) in [5, 5.41) is 10.8. The zero-order valence-electron chi connectivity index (χ0n) is 14.9. The third kappa shape index (κ3) is 2.97. The SMILES string of the molecule is CCc1ccc(-c2ccc(Cl)c(Cl)c2F)cc1C1=C(O)[C@H]2CCC(C2)C1=O. The fraction of sp³-hybridized carbons (Fsp3) is 0.318. The summed E-state index contributed by atoms with van der Waals surface area (Å²) < 4.78 is 14.6. The summed E-state index contributed by atoms with van der Waals surface area (Å²) in [5.74, 6) is -0.362. The van der Waals surface area contributed by atoms with Gasteiger partial charge in [0.05, 0.1) is 15.6 Å². The summed E-state index contributed by atoms with van der Waals surface area (Å²) >= 11 is 11.9. The van der Waals surface area contributed by atoms with Gasteiger partial charge in [0.25, 0.3) is 0 Å². The molecule has 1 N–H and O–H groups in total. The Balaban J connectivity index is 1.90. The molecule has 0 radical (unpaired) electrons. The Labute approximate surface area is 167 Å². The number of aryl methyl sites for hydroxylation is 1. The van der Waals surface area contributed by atoms with E-state index >= 15 is 0 Å². The Hall–Kier alpha value is -1.84. The second kappa shape index (κ2) is 6.96. The van der Waals surface area contributed by atoms with Crippen LogP contribution in [-0.4, -0.2) is 10.9 Å². The van der Waals surface area contributed by atoms with Gasteiger partial charge in [-0.15, -0.1) is 0 Å². The van der Waals surface area contributed by atoms with Crippen molar-refractivity contribution < 1.29 is 14.3 Å². The molecule has 2 nitrogen and oxygen atoms in total. The molecule has 2 aromatic carbocycles. The highest BCUT2D eigenvalue weighted by atomic mass is 35.5. The van der Waals surface area contributed by atoms with Crippen molar-refractivity contribution in [1.29, 1.82) is 0 Å². The van der Waals surface area contributed by atoms with Crippen molar-refractivity contribution >= 4 is 34.6 Å². The molecular weight excluding hydrogens is 386 g/mol. The lowest BCUT2D eigenvalue weighted by molar-refractivity contribution is -0.117. The predicted octanol–water partition coefficient (Wildman–Crippen LogP) is 6.63. The van der Waals surface area contributed by atoms with E-state index in [0.717, 1.165) is 24.8 Å². The van der Waals surface area contributed by atoms with E-state index in [2.05, 4.69) is 0 Å². The smallest absolute Gasteiger partial charge is 0.169 e. The van der Waals surface area contributed by atoms with Gasteiger partial charge in [-0.1, -0.05) is 42.3 Å². The molecular formula is C22H19Cl2FO2. The summed E-state index contributed by atoms with van der Waals surface area (Å²) in [6.45, 7) is 2.00. The van der Waals surface area contributed by atoms with Crippen LogP contribution < -0.4 is 0 Å². The minimum absolute atomic E-state index is 0.00251. The number of fused-ring (bicyclic) bond motifs is 2. The highest BCUT2D eigenvalue weighted by Crippen LogP contribution is 2.46. The van der Waals surface area contributed by atoms with E-state index < -0.39 is 5.82 Å². The topological polar surface area (TPSA) is 37.3 Å². The molecule has 2 atom stereocenters. The fourth-order valence-corrected chi connectivity index (χ4v) is 4.62. The van der Waals surface area contributed by atoms with E-state index in [-0.39, 0.29) is 33.4 Å². The molecule has 5 heteroatoms. The van der Waals surface area contributed by atoms with Crippen LogP contribution in [0.5, 0.6) is 0 Å². The summed E-state index contributed by atoms with van der Waals surface area (Å²) in [5.41, 5.74) is 2.98. The average molecular weight is 405 g/mol. The lowest BCUT2D eigenvalue weighted by atomic mass is 9.81. The number of hydrogen-bond acceptors (Lipinski definition) is 2. The van der Waals surface area contributed by atoms with Crippen molar-refractivity contribution in [3.8, 4) is 11.1 Å². The molecule has 0 amide bonds. The number of carbonyl (C=O) groups excluding carboxylic acids is 1. The number of hydrogen-bond donors (Lipinski definition) is 1. The third-order valence-electron chi connectivity index (χ3n) is 5.80. The summed E-state index contributed by atoms with van der Waals surface area (Å²) in [6.07, 6.45) is 3.10. The highest BCUT2D eigenvalue weighted by Gasteiger charge is 2.41. The first kappa shape index (κ1) is 18.5. The Kier molecular flexibility index (Phi) is 4.77. The van der Waals surface area contributed by atoms with Gasteiger partial charge in [-0.05, 0) is 60.6 Å². The number of Topliss-reactive ketones (excluding diaryl/α,β-unsaturated/α-hetero) is 1. The van der Waals surface area contributed by atoms with E-state index in [0.29, 0.717) is 28.7 Å². The van der Waals surface area contributed by atoms with Crippen LogP contribution in [0.3, 0.4) is 0 Å². The average Bonchev–Trinajstić information content (AvgIpc) is 3.12. The zero-order valence-corrected chi connectivity index (χ0v) is 16.4. The first-order valence-corrected chi connectivity index (χ1v) is 9.92. The minimum atomic E-state index is -0.590. The molecule has 2 aliphatic carbocycles. The van der Waals surface area contributed by atoms with Gasteiger partial charge in [-0.2, -0.15) is 0 Å². The molecule has 2 aromatic rings. The van der Waals surface area contributed by atoms with Gasteiger partial charge in [0.1, 0.15) is 5.76 Å². The number of aliphatic hydroxyl groups excluding tert-OH is 1. The fourth-order valence-electron chi connectivity index (χ4n) is 4.31. The molecule has 140 valence electrons. The molecule has 2 bridgehead atoms. The maximum absolute atomic E-state index is 14.6. The molecule has 0 saturated heterocycles. The summed E-state index contributed by atoms with van der Waals surface area (Å²) in [4.78, 5) is 12.9. The lowest BCUT2D eigenvalue weighted by Gasteiger charge is -2.23. The van der Waals surface area contributed by atoms with Crippen LogP contribution >= 0.6 is 23.2 Å². The maximum Gasteiger partial charge on any atom is 0.169 e. The summed E-state index contributed by atoms with van der Waals surface area (Å²) in [6, 6.07) is 8.62. The van der Waals surface area contributed by atoms with Gasteiger partial charge in [0.2, 0.25) is 0 Å². The number of ketones is 1. The van der Waals surface area contributed by atoms with Crippen LogP contribution in [0, 0.1) is 17.7 Å². The third-order valence-corrected chi connectivity index (χ3v) is 6.58. The van der Waals surface area contributed by atoms with Crippen LogP contribution in [0.25, 0.3) is 16.7 Å². The normalized spacial score (nSPS) is 21.9. The molecule has 0 heterocycles. The van der Waals surface area contributed by atoms with Crippen LogP contribution in [0.4, 0.5) is 4.39 Å². The Morgan fingerprint density at radius 2 is 1.85 bits per heavy atom. The van der Waals surface area contributed by atoms with Gasteiger partial charge in [-0.3, -0.25) is 4.79 Å². The van der Waals surface area contributed by atoms with Crippen molar-refractivity contribution in [3.05, 3.63) is 63.1 Å². The highest BCUT2D eigenvalue weighted by molar-refractivity contribution is 6.42. The maximum atomic E-state index is 14.6. The Morgan fingerprint density at radius 1 is 1.11 bits per heavy atom. The molecule has 2 aliphatic rings. The number of rotatable bonds is 3. The lowest BCUT2D eigenvalue weighted by Crippen LogP contribution is -2.22. The van der Waals surface area contributed by atoms with Crippen LogP contribution in [0.1, 0.15) is 37.3 Å². The minimum Gasteiger partial charge on any atom is -0.511 e. The Morgan fingerprint density at radius 3 is 2.59 bits per heavy atom. The molecule has 0 aromatic heterocycles. The molecule has 1 saturated carbocycles. The number of carbonyl (C=O) groups is 1. The van der Waals surface area contributed by atoms with E-state index in [1.807, 2.05) is 19.1 Å². The number of halogens is 3. The van der Waals surface area contributed by atoms with E-state index in [1.54, 1.807) is 18.2 Å².